The number of imidazole rings is 1. The van der Waals surface area contributed by atoms with Crippen molar-refractivity contribution in [2.45, 2.75) is 6.54 Å². The van der Waals surface area contributed by atoms with Gasteiger partial charge in [-0.15, -0.1) is 0 Å². The maximum absolute atomic E-state index is 13.4. The average Bonchev–Trinajstić information content (AvgIpc) is 2.79. The van der Waals surface area contributed by atoms with E-state index in [1.165, 1.54) is 4.57 Å². The van der Waals surface area contributed by atoms with Crippen LogP contribution < -0.4 is 0 Å². The number of aromatic nitrogens is 3. The Hall–Kier alpha value is -2.81. The summed E-state index contributed by atoms with van der Waals surface area (Å²) in [5.74, 6) is -1.47. The van der Waals surface area contributed by atoms with E-state index in [0.717, 1.165) is 12.1 Å². The molecule has 0 aliphatic heterocycles. The van der Waals surface area contributed by atoms with Crippen LogP contribution in [0.5, 0.6) is 0 Å². The van der Waals surface area contributed by atoms with E-state index in [9.17, 15) is 8.78 Å². The fourth-order valence-corrected chi connectivity index (χ4v) is 2.07. The van der Waals surface area contributed by atoms with Crippen LogP contribution in [0.2, 0.25) is 0 Å². The molecule has 2 heterocycles. The third-order valence-electron chi connectivity index (χ3n) is 2.94. The van der Waals surface area contributed by atoms with E-state index >= 15 is 0 Å². The molecule has 4 nitrogen and oxygen atoms in total. The smallest absolute Gasteiger partial charge is 0.161 e. The van der Waals surface area contributed by atoms with Crippen molar-refractivity contribution in [3.05, 3.63) is 48.3 Å². The molecule has 0 spiro atoms. The van der Waals surface area contributed by atoms with Crippen LogP contribution in [0.4, 0.5) is 8.78 Å². The fourth-order valence-electron chi connectivity index (χ4n) is 2.07. The summed E-state index contributed by atoms with van der Waals surface area (Å²) in [5, 5.41) is 8.91. The minimum absolute atomic E-state index is 0.00813. The minimum Gasteiger partial charge on any atom is -0.310 e. The van der Waals surface area contributed by atoms with Gasteiger partial charge in [-0.25, -0.2) is 13.8 Å². The van der Waals surface area contributed by atoms with E-state index in [0.29, 0.717) is 22.4 Å². The van der Waals surface area contributed by atoms with Crippen LogP contribution in [0, 0.1) is 23.0 Å². The predicted molar refractivity (Wildman–Crippen MR) is 68.5 cm³/mol. The number of nitrogens with zero attached hydrogens (tertiary/aromatic N) is 4. The molecular formula is C14H8F2N4. The van der Waals surface area contributed by atoms with Gasteiger partial charge in [-0.3, -0.25) is 4.98 Å². The molecule has 0 N–H and O–H groups in total. The first-order chi connectivity index (χ1) is 9.70. The van der Waals surface area contributed by atoms with Gasteiger partial charge in [0.25, 0.3) is 0 Å². The third-order valence-corrected chi connectivity index (χ3v) is 2.94. The average molecular weight is 270 g/mol. The molecule has 3 rings (SSSR count). The zero-order valence-corrected chi connectivity index (χ0v) is 10.2. The Balaban J connectivity index is 2.32. The summed E-state index contributed by atoms with van der Waals surface area (Å²) in [6, 6.07) is 7.57. The van der Waals surface area contributed by atoms with Gasteiger partial charge in [-0.2, -0.15) is 5.26 Å². The monoisotopic (exact) mass is 270 g/mol. The summed E-state index contributed by atoms with van der Waals surface area (Å²) in [6.45, 7) is -0.00813. The van der Waals surface area contributed by atoms with Gasteiger partial charge in [0.2, 0.25) is 0 Å². The molecule has 98 valence electrons. The van der Waals surface area contributed by atoms with Crippen molar-refractivity contribution in [2.24, 2.45) is 0 Å². The number of hydrogen-bond donors (Lipinski definition) is 0. The minimum atomic E-state index is -0.964. The lowest BCUT2D eigenvalue weighted by Crippen LogP contribution is -1.99. The second-order valence-electron chi connectivity index (χ2n) is 4.18. The Morgan fingerprint density at radius 1 is 1.25 bits per heavy atom. The molecule has 0 aliphatic rings. The highest BCUT2D eigenvalue weighted by atomic mass is 19.2. The second-order valence-corrected chi connectivity index (χ2v) is 4.18. The maximum atomic E-state index is 13.4. The number of fused-ring (bicyclic) bond motifs is 1. The number of rotatable bonds is 2. The van der Waals surface area contributed by atoms with Crippen LogP contribution in [0.15, 0.2) is 36.7 Å². The highest BCUT2D eigenvalue weighted by Crippen LogP contribution is 2.25. The lowest BCUT2D eigenvalue weighted by molar-refractivity contribution is 0.510. The molecule has 0 saturated heterocycles. The lowest BCUT2D eigenvalue weighted by Gasteiger charge is -2.04. The van der Waals surface area contributed by atoms with Crippen LogP contribution in [0.1, 0.15) is 0 Å². The maximum Gasteiger partial charge on any atom is 0.161 e. The van der Waals surface area contributed by atoms with Gasteiger partial charge in [0.15, 0.2) is 11.6 Å². The van der Waals surface area contributed by atoms with Gasteiger partial charge in [-0.05, 0) is 12.1 Å². The highest BCUT2D eigenvalue weighted by Gasteiger charge is 2.15. The number of hydrogen-bond acceptors (Lipinski definition) is 3. The zero-order chi connectivity index (χ0) is 14.1. The SMILES string of the molecule is N#CCn1c(-c2cccnc2)nc2cc(F)c(F)cc21. The Morgan fingerprint density at radius 3 is 2.75 bits per heavy atom. The molecule has 0 amide bonds. The number of nitriles is 1. The Kier molecular flexibility index (Phi) is 2.88. The first kappa shape index (κ1) is 12.2. The number of halogens is 2. The lowest BCUT2D eigenvalue weighted by atomic mass is 10.2. The number of benzene rings is 1. The summed E-state index contributed by atoms with van der Waals surface area (Å²) < 4.78 is 28.2. The van der Waals surface area contributed by atoms with Crippen LogP contribution in [0.25, 0.3) is 22.4 Å². The molecule has 0 atom stereocenters. The first-order valence-corrected chi connectivity index (χ1v) is 5.83. The van der Waals surface area contributed by atoms with Crippen LogP contribution in [-0.4, -0.2) is 14.5 Å². The second kappa shape index (κ2) is 4.70. The topological polar surface area (TPSA) is 54.5 Å². The van der Waals surface area contributed by atoms with E-state index in [1.54, 1.807) is 24.5 Å². The van der Waals surface area contributed by atoms with Crippen molar-refractivity contribution in [3.63, 3.8) is 0 Å². The van der Waals surface area contributed by atoms with Crippen molar-refractivity contribution in [2.75, 3.05) is 0 Å². The molecule has 2 aromatic heterocycles. The van der Waals surface area contributed by atoms with Crippen molar-refractivity contribution in [3.8, 4) is 17.5 Å². The highest BCUT2D eigenvalue weighted by molar-refractivity contribution is 5.80. The molecule has 0 saturated carbocycles. The van der Waals surface area contributed by atoms with Gasteiger partial charge in [0, 0.05) is 30.1 Å². The molecule has 0 aliphatic carbocycles. The molecule has 0 radical (unpaired) electrons. The van der Waals surface area contributed by atoms with Gasteiger partial charge >= 0.3 is 0 Å². The van der Waals surface area contributed by atoms with Crippen molar-refractivity contribution >= 4 is 11.0 Å². The Bertz CT molecular complexity index is 819. The summed E-state index contributed by atoms with van der Waals surface area (Å²) in [6.07, 6.45) is 3.20. The van der Waals surface area contributed by atoms with E-state index in [-0.39, 0.29) is 6.54 Å². The normalized spacial score (nSPS) is 10.7. The van der Waals surface area contributed by atoms with E-state index < -0.39 is 11.6 Å². The van der Waals surface area contributed by atoms with Crippen molar-refractivity contribution in [1.29, 1.82) is 5.26 Å². The molecule has 6 heteroatoms. The van der Waals surface area contributed by atoms with Gasteiger partial charge in [-0.1, -0.05) is 0 Å². The van der Waals surface area contributed by atoms with Crippen molar-refractivity contribution in [1.82, 2.24) is 14.5 Å². The summed E-state index contributed by atoms with van der Waals surface area (Å²) >= 11 is 0. The van der Waals surface area contributed by atoms with Crippen LogP contribution in [0.3, 0.4) is 0 Å². The van der Waals surface area contributed by atoms with Crippen LogP contribution >= 0.6 is 0 Å². The zero-order valence-electron chi connectivity index (χ0n) is 10.2. The summed E-state index contributed by atoms with van der Waals surface area (Å²) in [7, 11) is 0. The molecule has 3 aromatic rings. The van der Waals surface area contributed by atoms with Crippen LogP contribution in [-0.2, 0) is 6.54 Å². The molecule has 0 unspecified atom stereocenters. The van der Waals surface area contributed by atoms with Gasteiger partial charge < -0.3 is 4.57 Å². The third kappa shape index (κ3) is 1.89. The quantitative estimate of drug-likeness (QED) is 0.719. The molecule has 0 bridgehead atoms. The standard InChI is InChI=1S/C14H8F2N4/c15-10-6-12-13(7-11(10)16)20(5-3-17)14(19-12)9-2-1-4-18-8-9/h1-2,4,6-8H,5H2. The summed E-state index contributed by atoms with van der Waals surface area (Å²) in [4.78, 5) is 8.25. The van der Waals surface area contributed by atoms with E-state index in [2.05, 4.69) is 9.97 Å². The van der Waals surface area contributed by atoms with E-state index in [4.69, 9.17) is 5.26 Å². The first-order valence-electron chi connectivity index (χ1n) is 5.83. The van der Waals surface area contributed by atoms with Crippen molar-refractivity contribution < 1.29 is 8.78 Å². The van der Waals surface area contributed by atoms with E-state index in [1.807, 2.05) is 6.07 Å². The van der Waals surface area contributed by atoms with Gasteiger partial charge in [0.1, 0.15) is 12.4 Å². The van der Waals surface area contributed by atoms with Gasteiger partial charge in [0.05, 0.1) is 17.1 Å². The molecule has 20 heavy (non-hydrogen) atoms. The largest absolute Gasteiger partial charge is 0.310 e. The number of pyridine rings is 1. The predicted octanol–water partition coefficient (Wildman–Crippen LogP) is 2.90. The summed E-state index contributed by atoms with van der Waals surface area (Å²) in [5.41, 5.74) is 1.36. The molecule has 0 fully saturated rings. The Labute approximate surface area is 112 Å². The molecular weight excluding hydrogens is 262 g/mol. The fraction of sp³-hybridized carbons (Fsp3) is 0.0714. The molecule has 1 aromatic carbocycles. The Morgan fingerprint density at radius 2 is 2.05 bits per heavy atom.